The fourth-order valence-corrected chi connectivity index (χ4v) is 4.52. The first-order chi connectivity index (χ1) is 16.4. The summed E-state index contributed by atoms with van der Waals surface area (Å²) in [6, 6.07) is 4.64. The summed E-state index contributed by atoms with van der Waals surface area (Å²) < 4.78 is 42.0. The van der Waals surface area contributed by atoms with Crippen LogP contribution in [0.4, 0.5) is 24.7 Å². The maximum Gasteiger partial charge on any atom is 0.416 e. The van der Waals surface area contributed by atoms with Crippen LogP contribution in [-0.2, 0) is 18.0 Å². The summed E-state index contributed by atoms with van der Waals surface area (Å²) in [5.41, 5.74) is 0.485. The number of aromatic nitrogens is 3. The molecule has 0 saturated carbocycles. The van der Waals surface area contributed by atoms with Crippen molar-refractivity contribution in [3.8, 4) is 0 Å². The molecule has 0 spiro atoms. The number of nitrogens with one attached hydrogen (secondary N) is 2. The van der Waals surface area contributed by atoms with Crippen LogP contribution in [0.3, 0.4) is 0 Å². The molecule has 0 radical (unpaired) electrons. The summed E-state index contributed by atoms with van der Waals surface area (Å²) in [5, 5.41) is 6.22. The van der Waals surface area contributed by atoms with Gasteiger partial charge in [0.05, 0.1) is 17.0 Å². The van der Waals surface area contributed by atoms with Gasteiger partial charge in [-0.25, -0.2) is 9.97 Å². The molecule has 186 valence electrons. The van der Waals surface area contributed by atoms with Crippen molar-refractivity contribution in [3.05, 3.63) is 57.6 Å². The number of amides is 1. The number of benzene rings is 1. The van der Waals surface area contributed by atoms with Gasteiger partial charge in [0.15, 0.2) is 0 Å². The minimum Gasteiger partial charge on any atom is -0.363 e. The first-order valence-corrected chi connectivity index (χ1v) is 11.2. The number of halogens is 3. The molecule has 3 heterocycles. The smallest absolute Gasteiger partial charge is 0.363 e. The lowest BCUT2D eigenvalue weighted by Gasteiger charge is -2.20. The number of carbonyl (C=O) groups is 1. The standard InChI is InChI=1S/C24H27F3N6O2/c1-13(16-7-17(24(25,26)27)9-18(8-16)31-14(2)34)30-21-20-10-19(15-5-6-32(3)11-15)23(35)33(4)22(20)29-12-28-21/h7-10,12-13,15H,5-6,11H2,1-4H3,(H,31,34)(H,28,29,30). The molecule has 2 unspecified atom stereocenters. The van der Waals surface area contributed by atoms with Gasteiger partial charge in [-0.2, -0.15) is 13.2 Å². The Labute approximate surface area is 200 Å². The average Bonchev–Trinajstić information content (AvgIpc) is 3.21. The van der Waals surface area contributed by atoms with E-state index in [0.717, 1.165) is 31.6 Å². The van der Waals surface area contributed by atoms with Gasteiger partial charge in [0.1, 0.15) is 17.8 Å². The van der Waals surface area contributed by atoms with Gasteiger partial charge >= 0.3 is 6.18 Å². The van der Waals surface area contributed by atoms with E-state index in [1.165, 1.54) is 23.9 Å². The van der Waals surface area contributed by atoms with Crippen molar-refractivity contribution >= 4 is 28.4 Å². The Morgan fingerprint density at radius 3 is 2.54 bits per heavy atom. The third kappa shape index (κ3) is 5.14. The number of rotatable bonds is 5. The van der Waals surface area contributed by atoms with Gasteiger partial charge in [-0.05, 0) is 56.8 Å². The van der Waals surface area contributed by atoms with Crippen LogP contribution in [0.1, 0.15) is 48.9 Å². The Balaban J connectivity index is 1.75. The zero-order chi connectivity index (χ0) is 25.5. The minimum absolute atomic E-state index is 0.0542. The van der Waals surface area contributed by atoms with E-state index in [1.807, 2.05) is 7.05 Å². The number of pyridine rings is 1. The van der Waals surface area contributed by atoms with Gasteiger partial charge in [-0.15, -0.1) is 0 Å². The van der Waals surface area contributed by atoms with Crippen molar-refractivity contribution in [1.82, 2.24) is 19.4 Å². The number of hydrogen-bond donors (Lipinski definition) is 2. The third-order valence-corrected chi connectivity index (χ3v) is 6.32. The first-order valence-electron chi connectivity index (χ1n) is 11.2. The van der Waals surface area contributed by atoms with Crippen molar-refractivity contribution in [3.63, 3.8) is 0 Å². The van der Waals surface area contributed by atoms with E-state index in [4.69, 9.17) is 0 Å². The maximum atomic E-state index is 13.5. The predicted octanol–water partition coefficient (Wildman–Crippen LogP) is 3.90. The highest BCUT2D eigenvalue weighted by Crippen LogP contribution is 2.35. The van der Waals surface area contributed by atoms with Crippen LogP contribution < -0.4 is 16.2 Å². The molecule has 3 aromatic rings. The molecule has 1 saturated heterocycles. The highest BCUT2D eigenvalue weighted by atomic mass is 19.4. The van der Waals surface area contributed by atoms with Crippen molar-refractivity contribution < 1.29 is 18.0 Å². The Morgan fingerprint density at radius 2 is 1.91 bits per heavy atom. The lowest BCUT2D eigenvalue weighted by molar-refractivity contribution is -0.137. The maximum absolute atomic E-state index is 13.5. The summed E-state index contributed by atoms with van der Waals surface area (Å²) >= 11 is 0. The largest absolute Gasteiger partial charge is 0.416 e. The topological polar surface area (TPSA) is 92.2 Å². The van der Waals surface area contributed by atoms with Crippen LogP contribution in [-0.4, -0.2) is 45.5 Å². The Bertz CT molecular complexity index is 1340. The summed E-state index contributed by atoms with van der Waals surface area (Å²) in [4.78, 5) is 35.2. The average molecular weight is 489 g/mol. The van der Waals surface area contributed by atoms with Crippen LogP contribution in [0.2, 0.25) is 0 Å². The van der Waals surface area contributed by atoms with Crippen molar-refractivity contribution in [2.45, 2.75) is 38.4 Å². The zero-order valence-electron chi connectivity index (χ0n) is 19.9. The van der Waals surface area contributed by atoms with Crippen LogP contribution in [0.25, 0.3) is 11.0 Å². The molecule has 1 fully saturated rings. The Morgan fingerprint density at radius 1 is 1.17 bits per heavy atom. The number of likely N-dealkylation sites (N-methyl/N-ethyl adjacent to an activating group) is 1. The summed E-state index contributed by atoms with van der Waals surface area (Å²) in [6.07, 6.45) is -2.40. The van der Waals surface area contributed by atoms with Crippen molar-refractivity contribution in [1.29, 1.82) is 0 Å². The van der Waals surface area contributed by atoms with E-state index in [-0.39, 0.29) is 17.2 Å². The van der Waals surface area contributed by atoms with Gasteiger partial charge in [-0.1, -0.05) is 0 Å². The van der Waals surface area contributed by atoms with Gasteiger partial charge < -0.3 is 15.5 Å². The second kappa shape index (κ2) is 9.29. The third-order valence-electron chi connectivity index (χ3n) is 6.32. The first kappa shape index (κ1) is 24.6. The fourth-order valence-electron chi connectivity index (χ4n) is 4.52. The molecule has 8 nitrogen and oxygen atoms in total. The van der Waals surface area contributed by atoms with E-state index in [9.17, 15) is 22.8 Å². The minimum atomic E-state index is -4.58. The molecule has 1 aliphatic heterocycles. The molecule has 0 aliphatic carbocycles. The van der Waals surface area contributed by atoms with E-state index in [1.54, 1.807) is 20.0 Å². The number of fused-ring (bicyclic) bond motifs is 1. The number of anilines is 2. The molecule has 35 heavy (non-hydrogen) atoms. The summed E-state index contributed by atoms with van der Waals surface area (Å²) in [6.45, 7) is 4.60. The Hall–Kier alpha value is -3.47. The highest BCUT2D eigenvalue weighted by molar-refractivity contribution is 5.89. The number of aryl methyl sites for hydroxylation is 1. The van der Waals surface area contributed by atoms with E-state index < -0.39 is 23.7 Å². The molecular weight excluding hydrogens is 461 g/mol. The van der Waals surface area contributed by atoms with Crippen LogP contribution >= 0.6 is 0 Å². The molecule has 1 aromatic carbocycles. The Kier molecular flexibility index (Phi) is 6.54. The number of alkyl halides is 3. The second-order valence-electron chi connectivity index (χ2n) is 9.06. The molecule has 1 aliphatic rings. The fraction of sp³-hybridized carbons (Fsp3) is 0.417. The van der Waals surface area contributed by atoms with Crippen molar-refractivity contribution in [2.75, 3.05) is 30.8 Å². The SMILES string of the molecule is CC(=O)Nc1cc(C(C)Nc2ncnc3c2cc(C2CCN(C)C2)c(=O)n3C)cc(C(F)(F)F)c1. The quantitative estimate of drug-likeness (QED) is 0.566. The monoisotopic (exact) mass is 488 g/mol. The van der Waals surface area contributed by atoms with E-state index >= 15 is 0 Å². The van der Waals surface area contributed by atoms with Gasteiger partial charge in [-0.3, -0.25) is 14.2 Å². The van der Waals surface area contributed by atoms with Gasteiger partial charge in [0.2, 0.25) is 5.91 Å². The lowest BCUT2D eigenvalue weighted by atomic mass is 9.98. The number of nitrogens with zero attached hydrogens (tertiary/aromatic N) is 4. The van der Waals surface area contributed by atoms with E-state index in [2.05, 4.69) is 25.5 Å². The lowest BCUT2D eigenvalue weighted by Crippen LogP contribution is -2.25. The second-order valence-corrected chi connectivity index (χ2v) is 9.06. The number of hydrogen-bond acceptors (Lipinski definition) is 6. The number of likely N-dealkylation sites (tertiary alicyclic amines) is 1. The van der Waals surface area contributed by atoms with Crippen molar-refractivity contribution in [2.24, 2.45) is 7.05 Å². The number of carbonyl (C=O) groups excluding carboxylic acids is 1. The van der Waals surface area contributed by atoms with Gasteiger partial charge in [0.25, 0.3) is 5.56 Å². The van der Waals surface area contributed by atoms with E-state index in [0.29, 0.717) is 28.0 Å². The molecule has 0 bridgehead atoms. The van der Waals surface area contributed by atoms with Crippen LogP contribution in [0.5, 0.6) is 0 Å². The molecule has 2 N–H and O–H groups in total. The van der Waals surface area contributed by atoms with Crippen LogP contribution in [0, 0.1) is 0 Å². The summed E-state index contributed by atoms with van der Waals surface area (Å²) in [7, 11) is 3.66. The summed E-state index contributed by atoms with van der Waals surface area (Å²) in [5.74, 6) is 0.0186. The molecule has 11 heteroatoms. The molecule has 2 atom stereocenters. The molecular formula is C24H27F3N6O2. The highest BCUT2D eigenvalue weighted by Gasteiger charge is 2.32. The predicted molar refractivity (Wildman–Crippen MR) is 127 cm³/mol. The molecule has 2 aromatic heterocycles. The normalized spacial score (nSPS) is 17.5. The van der Waals surface area contributed by atoms with Crippen LogP contribution in [0.15, 0.2) is 35.4 Å². The zero-order valence-corrected chi connectivity index (χ0v) is 19.9. The van der Waals surface area contributed by atoms with Gasteiger partial charge in [0, 0.05) is 37.7 Å². The molecule has 1 amide bonds. The molecule has 4 rings (SSSR count).